The molecule has 140 valence electrons. The summed E-state index contributed by atoms with van der Waals surface area (Å²) in [5.74, 6) is 0.702. The lowest BCUT2D eigenvalue weighted by molar-refractivity contribution is -0.385. The first-order valence-corrected chi connectivity index (χ1v) is 8.67. The van der Waals surface area contributed by atoms with Gasteiger partial charge in [-0.25, -0.2) is 4.99 Å². The Labute approximate surface area is 166 Å². The van der Waals surface area contributed by atoms with E-state index < -0.39 is 0 Å². The number of likely N-dealkylation sites (tertiary alicyclic amines) is 1. The van der Waals surface area contributed by atoms with E-state index in [1.165, 1.54) is 38.4 Å². The Hall–Kier alpha value is -1.42. The molecule has 0 spiro atoms. The van der Waals surface area contributed by atoms with Gasteiger partial charge in [0.1, 0.15) is 0 Å². The average molecular weight is 461 g/mol. The van der Waals surface area contributed by atoms with E-state index in [-0.39, 0.29) is 41.1 Å². The second-order valence-corrected chi connectivity index (χ2v) is 5.91. The number of rotatable bonds is 7. The molecule has 1 aliphatic heterocycles. The van der Waals surface area contributed by atoms with Gasteiger partial charge in [0.25, 0.3) is 5.69 Å². The summed E-state index contributed by atoms with van der Waals surface area (Å²) in [5.41, 5.74) is 0.737. The van der Waals surface area contributed by atoms with Gasteiger partial charge in [-0.05, 0) is 32.9 Å². The first kappa shape index (κ1) is 21.6. The van der Waals surface area contributed by atoms with Crippen LogP contribution < -0.4 is 10.6 Å². The quantitative estimate of drug-likeness (QED) is 0.215. The van der Waals surface area contributed by atoms with E-state index in [1.807, 2.05) is 6.92 Å². The van der Waals surface area contributed by atoms with Gasteiger partial charge in [0.05, 0.1) is 17.0 Å². The molecule has 0 amide bonds. The monoisotopic (exact) mass is 461 g/mol. The van der Waals surface area contributed by atoms with Gasteiger partial charge in [0.2, 0.25) is 0 Å². The van der Waals surface area contributed by atoms with Gasteiger partial charge in [-0.3, -0.25) is 10.1 Å². The smallest absolute Gasteiger partial charge is 0.274 e. The zero-order valence-electron chi connectivity index (χ0n) is 14.7. The van der Waals surface area contributed by atoms with Crippen molar-refractivity contribution in [1.29, 1.82) is 0 Å². The molecule has 0 saturated carbocycles. The predicted molar refractivity (Wildman–Crippen MR) is 112 cm³/mol. The normalized spacial score (nSPS) is 15.3. The molecule has 0 bridgehead atoms. The molecule has 0 unspecified atom stereocenters. The summed E-state index contributed by atoms with van der Waals surface area (Å²) in [4.78, 5) is 17.6. The molecule has 7 nitrogen and oxygen atoms in total. The van der Waals surface area contributed by atoms with E-state index in [0.29, 0.717) is 11.5 Å². The summed E-state index contributed by atoms with van der Waals surface area (Å²) in [5, 5.41) is 17.6. The van der Waals surface area contributed by atoms with Crippen LogP contribution in [0, 0.1) is 10.1 Å². The van der Waals surface area contributed by atoms with Gasteiger partial charge >= 0.3 is 0 Å². The summed E-state index contributed by atoms with van der Waals surface area (Å²) in [7, 11) is 0. The maximum Gasteiger partial charge on any atom is 0.274 e. The molecule has 1 aromatic carbocycles. The van der Waals surface area contributed by atoms with Crippen LogP contribution >= 0.6 is 24.0 Å². The van der Waals surface area contributed by atoms with Crippen molar-refractivity contribution in [3.63, 3.8) is 0 Å². The second-order valence-electron chi connectivity index (χ2n) is 5.91. The van der Waals surface area contributed by atoms with Crippen molar-refractivity contribution in [2.75, 3.05) is 32.7 Å². The second kappa shape index (κ2) is 12.0. The molecular formula is C17H28IN5O2. The number of para-hydroxylation sites is 1. The Kier molecular flexibility index (Phi) is 10.4. The third kappa shape index (κ3) is 7.55. The lowest BCUT2D eigenvalue weighted by Gasteiger charge is -2.26. The third-order valence-electron chi connectivity index (χ3n) is 4.11. The van der Waals surface area contributed by atoms with Gasteiger partial charge in [-0.2, -0.15) is 0 Å². The maximum atomic E-state index is 11.1. The number of hydrogen-bond acceptors (Lipinski definition) is 4. The molecule has 0 atom stereocenters. The Morgan fingerprint density at radius 3 is 2.64 bits per heavy atom. The zero-order chi connectivity index (χ0) is 17.2. The van der Waals surface area contributed by atoms with Crippen LogP contribution in [-0.2, 0) is 6.54 Å². The summed E-state index contributed by atoms with van der Waals surface area (Å²) < 4.78 is 0. The number of nitrogens with one attached hydrogen (secondary N) is 2. The first-order chi connectivity index (χ1) is 11.7. The molecule has 1 heterocycles. The molecule has 8 heteroatoms. The molecule has 0 radical (unpaired) electrons. The number of benzene rings is 1. The lowest BCUT2D eigenvalue weighted by atomic mass is 10.1. The van der Waals surface area contributed by atoms with Crippen molar-refractivity contribution in [1.82, 2.24) is 15.5 Å². The van der Waals surface area contributed by atoms with E-state index in [9.17, 15) is 10.1 Å². The molecule has 2 N–H and O–H groups in total. The van der Waals surface area contributed by atoms with E-state index in [4.69, 9.17) is 0 Å². The standard InChI is InChI=1S/C17H27N5O2.HI/c1-2-18-17(19-10-13-21-11-6-3-7-12-21)20-14-15-8-4-5-9-16(15)22(23)24;/h4-5,8-9H,2-3,6-7,10-14H2,1H3,(H2,18,19,20);1H. The topological polar surface area (TPSA) is 82.8 Å². The largest absolute Gasteiger partial charge is 0.357 e. The van der Waals surface area contributed by atoms with Crippen LogP contribution in [0.2, 0.25) is 0 Å². The third-order valence-corrected chi connectivity index (χ3v) is 4.11. The predicted octanol–water partition coefficient (Wildman–Crippen LogP) is 2.75. The summed E-state index contributed by atoms with van der Waals surface area (Å²) >= 11 is 0. The summed E-state index contributed by atoms with van der Waals surface area (Å²) in [6.45, 7) is 7.21. The van der Waals surface area contributed by atoms with Crippen LogP contribution in [0.4, 0.5) is 5.69 Å². The molecule has 1 fully saturated rings. The Morgan fingerprint density at radius 2 is 1.96 bits per heavy atom. The minimum atomic E-state index is -0.360. The molecule has 25 heavy (non-hydrogen) atoms. The fraction of sp³-hybridized carbons (Fsp3) is 0.588. The Balaban J connectivity index is 0.00000312. The number of halogens is 1. The van der Waals surface area contributed by atoms with Gasteiger partial charge < -0.3 is 15.5 Å². The van der Waals surface area contributed by atoms with Gasteiger partial charge in [0, 0.05) is 25.7 Å². The van der Waals surface area contributed by atoms with E-state index in [1.54, 1.807) is 18.2 Å². The van der Waals surface area contributed by atoms with E-state index in [2.05, 4.69) is 20.5 Å². The van der Waals surface area contributed by atoms with Gasteiger partial charge in [0.15, 0.2) is 5.96 Å². The van der Waals surface area contributed by atoms with E-state index in [0.717, 1.165) is 19.6 Å². The Bertz CT molecular complexity index is 562. The zero-order valence-corrected chi connectivity index (χ0v) is 17.1. The van der Waals surface area contributed by atoms with Crippen molar-refractivity contribution in [3.8, 4) is 0 Å². The molecule has 1 saturated heterocycles. The fourth-order valence-electron chi connectivity index (χ4n) is 2.84. The van der Waals surface area contributed by atoms with Crippen molar-refractivity contribution < 1.29 is 4.92 Å². The maximum absolute atomic E-state index is 11.1. The van der Waals surface area contributed by atoms with Crippen LogP contribution in [0.3, 0.4) is 0 Å². The number of guanidine groups is 1. The highest BCUT2D eigenvalue weighted by molar-refractivity contribution is 14.0. The number of aliphatic imine (C=N–C) groups is 1. The number of nitro groups is 1. The minimum absolute atomic E-state index is 0. The van der Waals surface area contributed by atoms with Gasteiger partial charge in [-0.1, -0.05) is 24.6 Å². The number of nitro benzene ring substituents is 1. The van der Waals surface area contributed by atoms with Gasteiger partial charge in [-0.15, -0.1) is 24.0 Å². The highest BCUT2D eigenvalue weighted by Gasteiger charge is 2.12. The molecule has 2 rings (SSSR count). The SMILES string of the molecule is CCNC(=NCc1ccccc1[N+](=O)[O-])NCCN1CCCCC1.I. The lowest BCUT2D eigenvalue weighted by Crippen LogP contribution is -2.42. The van der Waals surface area contributed by atoms with Crippen molar-refractivity contribution in [2.24, 2.45) is 4.99 Å². The van der Waals surface area contributed by atoms with Crippen molar-refractivity contribution in [3.05, 3.63) is 39.9 Å². The molecular weight excluding hydrogens is 433 g/mol. The summed E-state index contributed by atoms with van der Waals surface area (Å²) in [6.07, 6.45) is 3.90. The highest BCUT2D eigenvalue weighted by Crippen LogP contribution is 2.18. The van der Waals surface area contributed by atoms with E-state index >= 15 is 0 Å². The first-order valence-electron chi connectivity index (χ1n) is 8.67. The number of hydrogen-bond donors (Lipinski definition) is 2. The highest BCUT2D eigenvalue weighted by atomic mass is 127. The minimum Gasteiger partial charge on any atom is -0.357 e. The Morgan fingerprint density at radius 1 is 1.24 bits per heavy atom. The van der Waals surface area contributed by atoms with Crippen LogP contribution in [-0.4, -0.2) is 48.5 Å². The van der Waals surface area contributed by atoms with Crippen LogP contribution in [0.5, 0.6) is 0 Å². The summed E-state index contributed by atoms with van der Waals surface area (Å²) in [6, 6.07) is 6.74. The molecule has 1 aliphatic rings. The molecule has 0 aromatic heterocycles. The molecule has 0 aliphatic carbocycles. The average Bonchev–Trinajstić information content (AvgIpc) is 2.60. The number of piperidine rings is 1. The number of nitrogens with zero attached hydrogens (tertiary/aromatic N) is 3. The van der Waals surface area contributed by atoms with Crippen LogP contribution in [0.15, 0.2) is 29.3 Å². The van der Waals surface area contributed by atoms with Crippen molar-refractivity contribution >= 4 is 35.6 Å². The van der Waals surface area contributed by atoms with Crippen LogP contribution in [0.1, 0.15) is 31.7 Å². The van der Waals surface area contributed by atoms with Crippen LogP contribution in [0.25, 0.3) is 0 Å². The molecule has 1 aromatic rings. The fourth-order valence-corrected chi connectivity index (χ4v) is 2.84. The van der Waals surface area contributed by atoms with Crippen molar-refractivity contribution in [2.45, 2.75) is 32.7 Å².